The summed E-state index contributed by atoms with van der Waals surface area (Å²) in [6, 6.07) is 61.4. The van der Waals surface area contributed by atoms with Gasteiger partial charge in [0.2, 0.25) is 5.89 Å². The lowest BCUT2D eigenvalue weighted by Crippen LogP contribution is -2.16. The zero-order chi connectivity index (χ0) is 36.0. The van der Waals surface area contributed by atoms with Crippen LogP contribution >= 0.6 is 11.3 Å². The van der Waals surface area contributed by atoms with Crippen molar-refractivity contribution < 1.29 is 4.42 Å². The molecule has 2 heterocycles. The fourth-order valence-electron chi connectivity index (χ4n) is 8.52. The van der Waals surface area contributed by atoms with Crippen LogP contribution in [0.1, 0.15) is 25.0 Å². The van der Waals surface area contributed by atoms with Crippen LogP contribution in [0.25, 0.3) is 75.8 Å². The zero-order valence-corrected chi connectivity index (χ0v) is 30.7. The number of rotatable bonds is 5. The number of anilines is 3. The fraction of sp³-hybridized carbons (Fsp3) is 0.0600. The van der Waals surface area contributed by atoms with E-state index in [1.165, 1.54) is 42.4 Å². The molecule has 1 aliphatic rings. The van der Waals surface area contributed by atoms with Crippen LogP contribution in [-0.2, 0) is 5.41 Å². The van der Waals surface area contributed by atoms with E-state index in [-0.39, 0.29) is 5.41 Å². The van der Waals surface area contributed by atoms with Gasteiger partial charge in [-0.3, -0.25) is 0 Å². The number of aromatic nitrogens is 1. The molecule has 1 aliphatic carbocycles. The van der Waals surface area contributed by atoms with E-state index < -0.39 is 0 Å². The standard InChI is InChI=1S/C50H34N2OS/c1-50(2)43-14-8-6-12-38(43)39-25-23-37(30-44(39)50)52(36-24-27-47-42(29-36)40-13-7-9-15-46(40)54-47)35-21-18-31(19-22-35)34-17-16-32-20-26-45-48(41(32)28-34)53-49(51-45)33-10-4-3-5-11-33/h3-30H,1-2H3. The molecule has 54 heavy (non-hydrogen) atoms. The van der Waals surface area contributed by atoms with Gasteiger partial charge >= 0.3 is 0 Å². The molecule has 0 saturated carbocycles. The number of benzene rings is 8. The van der Waals surface area contributed by atoms with Gasteiger partial charge in [-0.25, -0.2) is 4.98 Å². The highest BCUT2D eigenvalue weighted by Gasteiger charge is 2.35. The monoisotopic (exact) mass is 710 g/mol. The summed E-state index contributed by atoms with van der Waals surface area (Å²) >= 11 is 1.85. The lowest BCUT2D eigenvalue weighted by Gasteiger charge is -2.28. The van der Waals surface area contributed by atoms with Crippen molar-refractivity contribution in [1.82, 2.24) is 4.98 Å². The quantitative estimate of drug-likeness (QED) is 0.178. The molecular formula is C50H34N2OS. The molecule has 8 aromatic carbocycles. The maximum atomic E-state index is 6.41. The fourth-order valence-corrected chi connectivity index (χ4v) is 9.61. The molecule has 0 amide bonds. The predicted octanol–water partition coefficient (Wildman–Crippen LogP) is 14.5. The molecule has 0 N–H and O–H groups in total. The Hall–Kier alpha value is -6.49. The van der Waals surface area contributed by atoms with E-state index in [0.717, 1.165) is 55.6 Å². The van der Waals surface area contributed by atoms with Gasteiger partial charge in [0.05, 0.1) is 0 Å². The Balaban J connectivity index is 1.03. The number of thiophene rings is 1. The topological polar surface area (TPSA) is 29.3 Å². The molecule has 4 heteroatoms. The maximum absolute atomic E-state index is 6.41. The Morgan fingerprint density at radius 3 is 2.07 bits per heavy atom. The minimum absolute atomic E-state index is 0.0994. The third-order valence-corrected chi connectivity index (χ3v) is 12.4. The molecule has 0 bridgehead atoms. The molecule has 11 rings (SSSR count). The summed E-state index contributed by atoms with van der Waals surface area (Å²) < 4.78 is 9.02. The molecule has 0 atom stereocenters. The Morgan fingerprint density at radius 2 is 1.19 bits per heavy atom. The van der Waals surface area contributed by atoms with Crippen LogP contribution in [0.4, 0.5) is 17.1 Å². The highest BCUT2D eigenvalue weighted by Crippen LogP contribution is 2.51. The first-order chi connectivity index (χ1) is 26.5. The minimum atomic E-state index is -0.0994. The van der Waals surface area contributed by atoms with Gasteiger partial charge in [-0.05, 0) is 112 Å². The first-order valence-electron chi connectivity index (χ1n) is 18.4. The van der Waals surface area contributed by atoms with Crippen molar-refractivity contribution in [2.45, 2.75) is 19.3 Å². The highest BCUT2D eigenvalue weighted by molar-refractivity contribution is 7.25. The third-order valence-electron chi connectivity index (χ3n) is 11.3. The van der Waals surface area contributed by atoms with Crippen molar-refractivity contribution in [2.24, 2.45) is 0 Å². The maximum Gasteiger partial charge on any atom is 0.227 e. The van der Waals surface area contributed by atoms with Crippen LogP contribution < -0.4 is 4.90 Å². The summed E-state index contributed by atoms with van der Waals surface area (Å²) in [5, 5.41) is 4.77. The summed E-state index contributed by atoms with van der Waals surface area (Å²) in [6.45, 7) is 4.70. The molecule has 0 spiro atoms. The Morgan fingerprint density at radius 1 is 0.500 bits per heavy atom. The van der Waals surface area contributed by atoms with E-state index in [1.807, 2.05) is 47.7 Å². The first-order valence-corrected chi connectivity index (χ1v) is 19.3. The van der Waals surface area contributed by atoms with Crippen molar-refractivity contribution in [1.29, 1.82) is 0 Å². The summed E-state index contributed by atoms with van der Waals surface area (Å²) in [4.78, 5) is 7.24. The van der Waals surface area contributed by atoms with E-state index in [2.05, 4.69) is 152 Å². The smallest absolute Gasteiger partial charge is 0.227 e. The highest BCUT2D eigenvalue weighted by atomic mass is 32.1. The van der Waals surface area contributed by atoms with Gasteiger partial charge < -0.3 is 9.32 Å². The largest absolute Gasteiger partial charge is 0.435 e. The molecular weight excluding hydrogens is 677 g/mol. The van der Waals surface area contributed by atoms with Crippen molar-refractivity contribution in [3.8, 4) is 33.7 Å². The summed E-state index contributed by atoms with van der Waals surface area (Å²) in [6.07, 6.45) is 0. The Kier molecular flexibility index (Phi) is 6.77. The number of fused-ring (bicyclic) bond motifs is 9. The normalized spacial score (nSPS) is 13.1. The van der Waals surface area contributed by atoms with Crippen molar-refractivity contribution in [2.75, 3.05) is 4.90 Å². The lowest BCUT2D eigenvalue weighted by molar-refractivity contribution is 0.623. The van der Waals surface area contributed by atoms with Crippen LogP contribution in [0.3, 0.4) is 0 Å². The van der Waals surface area contributed by atoms with E-state index in [1.54, 1.807) is 0 Å². The summed E-state index contributed by atoms with van der Waals surface area (Å²) in [5.74, 6) is 0.639. The van der Waals surface area contributed by atoms with Gasteiger partial charge in [0.25, 0.3) is 0 Å². The van der Waals surface area contributed by atoms with Gasteiger partial charge in [0.15, 0.2) is 5.58 Å². The second-order valence-electron chi connectivity index (χ2n) is 14.8. The molecule has 2 aromatic heterocycles. The van der Waals surface area contributed by atoms with Gasteiger partial charge in [0, 0.05) is 53.6 Å². The lowest BCUT2D eigenvalue weighted by atomic mass is 9.82. The minimum Gasteiger partial charge on any atom is -0.435 e. The van der Waals surface area contributed by atoms with Gasteiger partial charge in [-0.1, -0.05) is 111 Å². The second-order valence-corrected chi connectivity index (χ2v) is 15.9. The molecule has 0 unspecified atom stereocenters. The molecule has 3 nitrogen and oxygen atoms in total. The molecule has 10 aromatic rings. The van der Waals surface area contributed by atoms with Gasteiger partial charge in [-0.15, -0.1) is 11.3 Å². The van der Waals surface area contributed by atoms with E-state index >= 15 is 0 Å². The second kappa shape index (κ2) is 11.8. The third kappa shape index (κ3) is 4.77. The molecule has 256 valence electrons. The predicted molar refractivity (Wildman–Crippen MR) is 228 cm³/mol. The molecule has 0 fully saturated rings. The Bertz CT molecular complexity index is 3080. The van der Waals surface area contributed by atoms with Crippen LogP contribution in [0.2, 0.25) is 0 Å². The van der Waals surface area contributed by atoms with Crippen LogP contribution in [0.15, 0.2) is 174 Å². The summed E-state index contributed by atoms with van der Waals surface area (Å²) in [7, 11) is 0. The molecule has 0 aliphatic heterocycles. The van der Waals surface area contributed by atoms with Crippen molar-refractivity contribution in [3.63, 3.8) is 0 Å². The van der Waals surface area contributed by atoms with Crippen LogP contribution in [0, 0.1) is 0 Å². The van der Waals surface area contributed by atoms with Crippen molar-refractivity contribution in [3.05, 3.63) is 181 Å². The zero-order valence-electron chi connectivity index (χ0n) is 29.9. The van der Waals surface area contributed by atoms with Crippen LogP contribution in [-0.4, -0.2) is 4.98 Å². The number of hydrogen-bond acceptors (Lipinski definition) is 4. The van der Waals surface area contributed by atoms with Crippen molar-refractivity contribution >= 4 is 70.4 Å². The van der Waals surface area contributed by atoms with Crippen LogP contribution in [0.5, 0.6) is 0 Å². The SMILES string of the molecule is CC1(C)c2ccccc2-c2ccc(N(c3ccc(-c4ccc5ccc6nc(-c7ccccc7)oc6c5c4)cc3)c3ccc4sc5ccccc5c4c3)cc21. The average Bonchev–Trinajstić information content (AvgIpc) is 3.89. The molecule has 0 radical (unpaired) electrons. The van der Waals surface area contributed by atoms with E-state index in [0.29, 0.717) is 5.89 Å². The molecule has 0 saturated heterocycles. The van der Waals surface area contributed by atoms with Gasteiger partial charge in [-0.2, -0.15) is 0 Å². The average molecular weight is 711 g/mol. The summed E-state index contributed by atoms with van der Waals surface area (Å²) in [5.41, 5.74) is 13.6. The number of hydrogen-bond donors (Lipinski definition) is 0. The van der Waals surface area contributed by atoms with E-state index in [9.17, 15) is 0 Å². The number of nitrogens with zero attached hydrogens (tertiary/aromatic N) is 2. The van der Waals surface area contributed by atoms with Gasteiger partial charge in [0.1, 0.15) is 5.52 Å². The Labute approximate surface area is 317 Å². The van der Waals surface area contributed by atoms with E-state index in [4.69, 9.17) is 9.40 Å². The first kappa shape index (κ1) is 31.1. The number of oxazole rings is 1.